The average Bonchev–Trinajstić information content (AvgIpc) is 2.72. The lowest BCUT2D eigenvalue weighted by Gasteiger charge is -2.05. The number of ether oxygens (including phenoxy) is 1. The van der Waals surface area contributed by atoms with Crippen LogP contribution in [0.25, 0.3) is 11.1 Å². The molecule has 1 N–H and O–H groups in total. The number of aryl methyl sites for hydroxylation is 1. The Balaban J connectivity index is 2.47. The highest BCUT2D eigenvalue weighted by Gasteiger charge is 2.16. The minimum atomic E-state index is -1.03. The Morgan fingerprint density at radius 1 is 1.50 bits per heavy atom. The van der Waals surface area contributed by atoms with Crippen LogP contribution in [0.2, 0.25) is 0 Å². The number of rotatable bonds is 4. The lowest BCUT2D eigenvalue weighted by molar-refractivity contribution is 0.0690. The SMILES string of the molecule is CCOc1cccc(-c2cn(C)nc2C(=O)O)c1. The molecule has 0 fully saturated rings. The highest BCUT2D eigenvalue weighted by molar-refractivity contribution is 5.93. The van der Waals surface area contributed by atoms with E-state index < -0.39 is 5.97 Å². The molecule has 1 aromatic heterocycles. The number of carboxylic acid groups (broad SMARTS) is 1. The maximum atomic E-state index is 11.1. The van der Waals surface area contributed by atoms with Gasteiger partial charge in [0.05, 0.1) is 6.61 Å². The van der Waals surface area contributed by atoms with Crippen molar-refractivity contribution in [2.45, 2.75) is 6.92 Å². The molecule has 0 aliphatic carbocycles. The summed E-state index contributed by atoms with van der Waals surface area (Å²) in [5, 5.41) is 13.0. The molecule has 0 radical (unpaired) electrons. The summed E-state index contributed by atoms with van der Waals surface area (Å²) in [6, 6.07) is 7.32. The number of hydrogen-bond donors (Lipinski definition) is 1. The highest BCUT2D eigenvalue weighted by Crippen LogP contribution is 2.26. The van der Waals surface area contributed by atoms with Gasteiger partial charge >= 0.3 is 5.97 Å². The van der Waals surface area contributed by atoms with Crippen LogP contribution in [0, 0.1) is 0 Å². The molecule has 1 aromatic carbocycles. The van der Waals surface area contributed by atoms with Crippen molar-refractivity contribution in [1.29, 1.82) is 0 Å². The summed E-state index contributed by atoms with van der Waals surface area (Å²) in [4.78, 5) is 11.1. The minimum absolute atomic E-state index is 0.0474. The first-order chi connectivity index (χ1) is 8.61. The van der Waals surface area contributed by atoms with E-state index in [4.69, 9.17) is 9.84 Å². The van der Waals surface area contributed by atoms with Crippen LogP contribution in [0.4, 0.5) is 0 Å². The van der Waals surface area contributed by atoms with Crippen molar-refractivity contribution in [1.82, 2.24) is 9.78 Å². The zero-order chi connectivity index (χ0) is 13.1. The summed E-state index contributed by atoms with van der Waals surface area (Å²) >= 11 is 0. The monoisotopic (exact) mass is 246 g/mol. The first kappa shape index (κ1) is 12.2. The maximum absolute atomic E-state index is 11.1. The molecule has 18 heavy (non-hydrogen) atoms. The van der Waals surface area contributed by atoms with E-state index in [1.807, 2.05) is 31.2 Å². The van der Waals surface area contributed by atoms with Gasteiger partial charge in [-0.2, -0.15) is 5.10 Å². The molecule has 1 heterocycles. The highest BCUT2D eigenvalue weighted by atomic mass is 16.5. The quantitative estimate of drug-likeness (QED) is 0.898. The second-order valence-corrected chi connectivity index (χ2v) is 3.83. The van der Waals surface area contributed by atoms with Gasteiger partial charge in [0.15, 0.2) is 5.69 Å². The van der Waals surface area contributed by atoms with Crippen LogP contribution >= 0.6 is 0 Å². The van der Waals surface area contributed by atoms with Crippen LogP contribution in [0.15, 0.2) is 30.5 Å². The van der Waals surface area contributed by atoms with Gasteiger partial charge < -0.3 is 9.84 Å². The fourth-order valence-electron chi connectivity index (χ4n) is 1.78. The van der Waals surface area contributed by atoms with Crippen molar-refractivity contribution in [2.24, 2.45) is 7.05 Å². The summed E-state index contributed by atoms with van der Waals surface area (Å²) in [6.45, 7) is 2.47. The number of nitrogens with zero attached hydrogens (tertiary/aromatic N) is 2. The summed E-state index contributed by atoms with van der Waals surface area (Å²) in [6.07, 6.45) is 1.69. The van der Waals surface area contributed by atoms with Crippen LogP contribution in [0.5, 0.6) is 5.75 Å². The Morgan fingerprint density at radius 2 is 2.28 bits per heavy atom. The van der Waals surface area contributed by atoms with Crippen molar-refractivity contribution in [3.8, 4) is 16.9 Å². The van der Waals surface area contributed by atoms with E-state index in [2.05, 4.69) is 5.10 Å². The first-order valence-electron chi connectivity index (χ1n) is 5.62. The molecule has 0 aliphatic heterocycles. The molecule has 0 amide bonds. The first-order valence-corrected chi connectivity index (χ1v) is 5.62. The molecule has 0 saturated carbocycles. The Morgan fingerprint density at radius 3 is 2.94 bits per heavy atom. The number of benzene rings is 1. The molecule has 0 unspecified atom stereocenters. The third-order valence-corrected chi connectivity index (χ3v) is 2.49. The van der Waals surface area contributed by atoms with E-state index >= 15 is 0 Å². The summed E-state index contributed by atoms with van der Waals surface area (Å²) < 4.78 is 6.89. The van der Waals surface area contributed by atoms with Gasteiger partial charge in [0.1, 0.15) is 5.75 Å². The average molecular weight is 246 g/mol. The third-order valence-electron chi connectivity index (χ3n) is 2.49. The molecular weight excluding hydrogens is 232 g/mol. The Kier molecular flexibility index (Phi) is 3.32. The van der Waals surface area contributed by atoms with Gasteiger partial charge in [0, 0.05) is 18.8 Å². The van der Waals surface area contributed by atoms with Gasteiger partial charge in [0.2, 0.25) is 0 Å². The molecule has 0 aliphatic rings. The molecule has 2 aromatic rings. The third kappa shape index (κ3) is 2.34. The molecule has 0 saturated heterocycles. The second-order valence-electron chi connectivity index (χ2n) is 3.83. The molecule has 94 valence electrons. The van der Waals surface area contributed by atoms with Gasteiger partial charge in [0.25, 0.3) is 0 Å². The Bertz CT molecular complexity index is 575. The maximum Gasteiger partial charge on any atom is 0.357 e. The normalized spacial score (nSPS) is 10.3. The van der Waals surface area contributed by atoms with Crippen molar-refractivity contribution in [3.05, 3.63) is 36.2 Å². The second kappa shape index (κ2) is 4.91. The number of carboxylic acids is 1. The lowest BCUT2D eigenvalue weighted by atomic mass is 10.1. The number of hydrogen-bond acceptors (Lipinski definition) is 3. The number of aromatic carboxylic acids is 1. The molecule has 0 atom stereocenters. The predicted molar refractivity (Wildman–Crippen MR) is 66.8 cm³/mol. The Labute approximate surface area is 105 Å². The molecule has 0 bridgehead atoms. The van der Waals surface area contributed by atoms with Crippen molar-refractivity contribution in [2.75, 3.05) is 6.61 Å². The molecule has 5 nitrogen and oxygen atoms in total. The zero-order valence-electron chi connectivity index (χ0n) is 10.3. The van der Waals surface area contributed by atoms with E-state index in [0.29, 0.717) is 12.2 Å². The van der Waals surface area contributed by atoms with Gasteiger partial charge in [-0.05, 0) is 24.6 Å². The van der Waals surface area contributed by atoms with Crippen molar-refractivity contribution in [3.63, 3.8) is 0 Å². The molecule has 2 rings (SSSR count). The largest absolute Gasteiger partial charge is 0.494 e. The molecule has 0 spiro atoms. The van der Waals surface area contributed by atoms with E-state index in [1.165, 1.54) is 4.68 Å². The fourth-order valence-corrected chi connectivity index (χ4v) is 1.78. The molecular formula is C13H14N2O3. The summed E-state index contributed by atoms with van der Waals surface area (Å²) in [7, 11) is 1.70. The van der Waals surface area contributed by atoms with Gasteiger partial charge in [-0.15, -0.1) is 0 Å². The van der Waals surface area contributed by atoms with Gasteiger partial charge in [-0.25, -0.2) is 4.79 Å². The van der Waals surface area contributed by atoms with Crippen LogP contribution in [0.1, 0.15) is 17.4 Å². The van der Waals surface area contributed by atoms with E-state index in [-0.39, 0.29) is 5.69 Å². The van der Waals surface area contributed by atoms with Gasteiger partial charge in [-0.3, -0.25) is 4.68 Å². The smallest absolute Gasteiger partial charge is 0.357 e. The van der Waals surface area contributed by atoms with E-state index in [1.54, 1.807) is 13.2 Å². The summed E-state index contributed by atoms with van der Waals surface area (Å²) in [5.74, 6) is -0.317. The lowest BCUT2D eigenvalue weighted by Crippen LogP contribution is -2.00. The van der Waals surface area contributed by atoms with Crippen LogP contribution in [0.3, 0.4) is 0 Å². The summed E-state index contributed by atoms with van der Waals surface area (Å²) in [5.41, 5.74) is 1.42. The van der Waals surface area contributed by atoms with Crippen LogP contribution in [-0.2, 0) is 7.05 Å². The fraction of sp³-hybridized carbons (Fsp3) is 0.231. The van der Waals surface area contributed by atoms with Crippen LogP contribution < -0.4 is 4.74 Å². The van der Waals surface area contributed by atoms with Gasteiger partial charge in [-0.1, -0.05) is 12.1 Å². The topological polar surface area (TPSA) is 64.4 Å². The predicted octanol–water partition coefficient (Wildman–Crippen LogP) is 2.18. The number of carbonyl (C=O) groups is 1. The van der Waals surface area contributed by atoms with E-state index in [0.717, 1.165) is 11.3 Å². The standard InChI is InChI=1S/C13H14N2O3/c1-3-18-10-6-4-5-9(7-10)11-8-15(2)14-12(11)13(16)17/h4-8H,3H2,1-2H3,(H,16,17). The van der Waals surface area contributed by atoms with Crippen molar-refractivity contribution >= 4 is 5.97 Å². The zero-order valence-corrected chi connectivity index (χ0v) is 10.3. The minimum Gasteiger partial charge on any atom is -0.494 e. The Hall–Kier alpha value is -2.30. The number of aromatic nitrogens is 2. The molecule has 5 heteroatoms. The van der Waals surface area contributed by atoms with E-state index in [9.17, 15) is 4.79 Å². The van der Waals surface area contributed by atoms with Crippen molar-refractivity contribution < 1.29 is 14.6 Å². The van der Waals surface area contributed by atoms with Crippen LogP contribution in [-0.4, -0.2) is 27.5 Å².